The van der Waals surface area contributed by atoms with Crippen LogP contribution in [0, 0.1) is 0 Å². The maximum absolute atomic E-state index is 10.9. The summed E-state index contributed by atoms with van der Waals surface area (Å²) < 4.78 is 11.1. The van der Waals surface area contributed by atoms with Gasteiger partial charge in [0.05, 0.1) is 12.2 Å². The van der Waals surface area contributed by atoms with E-state index >= 15 is 0 Å². The molecule has 0 aliphatic carbocycles. The van der Waals surface area contributed by atoms with E-state index in [9.17, 15) is 4.79 Å². The van der Waals surface area contributed by atoms with Crippen LogP contribution < -0.4 is 0 Å². The van der Waals surface area contributed by atoms with Crippen molar-refractivity contribution in [1.82, 2.24) is 0 Å². The van der Waals surface area contributed by atoms with E-state index < -0.39 is 0 Å². The molecule has 0 spiro atoms. The molecule has 17 heavy (non-hydrogen) atoms. The monoisotopic (exact) mass is 232 g/mol. The third-order valence-electron chi connectivity index (χ3n) is 2.80. The Kier molecular flexibility index (Phi) is 3.47. The van der Waals surface area contributed by atoms with Gasteiger partial charge in [-0.2, -0.15) is 0 Å². The number of rotatable bonds is 5. The molecule has 2 rings (SSSR count). The minimum atomic E-state index is 0.107. The summed E-state index contributed by atoms with van der Waals surface area (Å²) in [7, 11) is 0. The van der Waals surface area contributed by atoms with Crippen LogP contribution in [0.1, 0.15) is 43.5 Å². The molecule has 0 saturated carbocycles. The number of carbonyl (C=O) groups excluding carboxylic acids is 1. The molecule has 0 saturated heterocycles. The Labute approximate surface area is 100 Å². The maximum atomic E-state index is 10.9. The van der Waals surface area contributed by atoms with Crippen LogP contribution in [-0.4, -0.2) is 5.78 Å². The van der Waals surface area contributed by atoms with Crippen molar-refractivity contribution in [3.8, 4) is 0 Å². The second kappa shape index (κ2) is 5.04. The molecular formula is C14H16O3. The number of furan rings is 2. The van der Waals surface area contributed by atoms with Gasteiger partial charge in [0.1, 0.15) is 23.1 Å². The number of ketones is 1. The highest BCUT2D eigenvalue weighted by molar-refractivity contribution is 5.75. The van der Waals surface area contributed by atoms with Crippen LogP contribution >= 0.6 is 0 Å². The maximum Gasteiger partial charge on any atom is 0.130 e. The lowest BCUT2D eigenvalue weighted by Crippen LogP contribution is -1.93. The zero-order valence-corrected chi connectivity index (χ0v) is 10.1. The predicted octanol–water partition coefficient (Wildman–Crippen LogP) is 3.55. The first kappa shape index (κ1) is 11.7. The largest absolute Gasteiger partial charge is 0.469 e. The van der Waals surface area contributed by atoms with E-state index in [4.69, 9.17) is 8.83 Å². The summed E-state index contributed by atoms with van der Waals surface area (Å²) in [4.78, 5) is 10.9. The van der Waals surface area contributed by atoms with Crippen LogP contribution in [0.2, 0.25) is 0 Å². The van der Waals surface area contributed by atoms with Gasteiger partial charge in [0, 0.05) is 12.8 Å². The van der Waals surface area contributed by atoms with Gasteiger partial charge in [-0.3, -0.25) is 0 Å². The van der Waals surface area contributed by atoms with E-state index in [-0.39, 0.29) is 11.7 Å². The van der Waals surface area contributed by atoms with E-state index in [1.807, 2.05) is 31.2 Å². The quantitative estimate of drug-likeness (QED) is 0.791. The molecule has 0 unspecified atom stereocenters. The molecule has 2 heterocycles. The fraction of sp³-hybridized carbons (Fsp3) is 0.357. The van der Waals surface area contributed by atoms with Gasteiger partial charge in [-0.25, -0.2) is 0 Å². The second-order valence-corrected chi connectivity index (χ2v) is 4.24. The SMILES string of the molecule is CC(=O)CCc1ccc([C@H](C)c2ccco2)o1. The number of carbonyl (C=O) groups is 1. The van der Waals surface area contributed by atoms with Gasteiger partial charge < -0.3 is 13.6 Å². The second-order valence-electron chi connectivity index (χ2n) is 4.24. The van der Waals surface area contributed by atoms with Crippen molar-refractivity contribution >= 4 is 5.78 Å². The molecule has 0 N–H and O–H groups in total. The van der Waals surface area contributed by atoms with Crippen LogP contribution in [0.3, 0.4) is 0 Å². The van der Waals surface area contributed by atoms with Crippen molar-refractivity contribution in [1.29, 1.82) is 0 Å². The van der Waals surface area contributed by atoms with Crippen LogP contribution in [0.25, 0.3) is 0 Å². The summed E-state index contributed by atoms with van der Waals surface area (Å²) in [6.07, 6.45) is 2.85. The number of hydrogen-bond donors (Lipinski definition) is 0. The smallest absolute Gasteiger partial charge is 0.130 e. The molecule has 0 aliphatic rings. The van der Waals surface area contributed by atoms with Crippen LogP contribution in [-0.2, 0) is 11.2 Å². The molecule has 0 aromatic carbocycles. The third kappa shape index (κ3) is 2.87. The fourth-order valence-electron chi connectivity index (χ4n) is 1.74. The summed E-state index contributed by atoms with van der Waals surface area (Å²) in [5, 5.41) is 0. The molecule has 0 amide bonds. The average Bonchev–Trinajstić information content (AvgIpc) is 2.97. The Hall–Kier alpha value is -1.77. The number of Topliss-reactive ketones (excluding diaryl/α,β-unsaturated/α-hetero) is 1. The van der Waals surface area contributed by atoms with Crippen molar-refractivity contribution in [2.45, 2.75) is 32.6 Å². The molecule has 0 aliphatic heterocycles. The standard InChI is InChI=1S/C14H16O3/c1-10(15)5-6-12-7-8-14(17-12)11(2)13-4-3-9-16-13/h3-4,7-9,11H,5-6H2,1-2H3/t11-/m1/s1. The highest BCUT2D eigenvalue weighted by atomic mass is 16.4. The summed E-state index contributed by atoms with van der Waals surface area (Å²) >= 11 is 0. The first-order valence-corrected chi connectivity index (χ1v) is 5.78. The summed E-state index contributed by atoms with van der Waals surface area (Å²) in [6, 6.07) is 7.67. The van der Waals surface area contributed by atoms with Gasteiger partial charge >= 0.3 is 0 Å². The Morgan fingerprint density at radius 3 is 2.76 bits per heavy atom. The molecule has 0 radical (unpaired) electrons. The minimum Gasteiger partial charge on any atom is -0.469 e. The Morgan fingerprint density at radius 2 is 2.12 bits per heavy atom. The van der Waals surface area contributed by atoms with Gasteiger partial charge in [-0.15, -0.1) is 0 Å². The van der Waals surface area contributed by atoms with Crippen molar-refractivity contribution in [2.24, 2.45) is 0 Å². The molecule has 3 heteroatoms. The van der Waals surface area contributed by atoms with E-state index in [2.05, 4.69) is 0 Å². The predicted molar refractivity (Wildman–Crippen MR) is 63.9 cm³/mol. The van der Waals surface area contributed by atoms with Crippen LogP contribution in [0.4, 0.5) is 0 Å². The van der Waals surface area contributed by atoms with Crippen LogP contribution in [0.15, 0.2) is 39.4 Å². The molecule has 0 bridgehead atoms. The highest BCUT2D eigenvalue weighted by Crippen LogP contribution is 2.26. The topological polar surface area (TPSA) is 43.4 Å². The van der Waals surface area contributed by atoms with E-state index in [0.717, 1.165) is 17.3 Å². The summed E-state index contributed by atoms with van der Waals surface area (Å²) in [6.45, 7) is 3.63. The average molecular weight is 232 g/mol. The molecule has 2 aromatic rings. The Morgan fingerprint density at radius 1 is 1.29 bits per heavy atom. The zero-order chi connectivity index (χ0) is 12.3. The van der Waals surface area contributed by atoms with Gasteiger partial charge in [0.15, 0.2) is 0 Å². The molecule has 1 atom stereocenters. The summed E-state index contributed by atoms with van der Waals surface area (Å²) in [5.74, 6) is 2.91. The number of aryl methyl sites for hydroxylation is 1. The van der Waals surface area contributed by atoms with E-state index in [1.54, 1.807) is 13.2 Å². The zero-order valence-electron chi connectivity index (χ0n) is 10.1. The van der Waals surface area contributed by atoms with Crippen molar-refractivity contribution < 1.29 is 13.6 Å². The van der Waals surface area contributed by atoms with E-state index in [1.165, 1.54) is 0 Å². The minimum absolute atomic E-state index is 0.107. The van der Waals surface area contributed by atoms with Gasteiger partial charge in [0.25, 0.3) is 0 Å². The first-order chi connectivity index (χ1) is 8.16. The molecule has 0 fully saturated rings. The lowest BCUT2D eigenvalue weighted by molar-refractivity contribution is -0.117. The van der Waals surface area contributed by atoms with Crippen molar-refractivity contribution in [2.75, 3.05) is 0 Å². The van der Waals surface area contributed by atoms with Crippen molar-refractivity contribution in [3.05, 3.63) is 47.8 Å². The summed E-state index contributed by atoms with van der Waals surface area (Å²) in [5.41, 5.74) is 0. The van der Waals surface area contributed by atoms with Crippen LogP contribution in [0.5, 0.6) is 0 Å². The lowest BCUT2D eigenvalue weighted by Gasteiger charge is -2.04. The lowest BCUT2D eigenvalue weighted by atomic mass is 10.1. The van der Waals surface area contributed by atoms with Gasteiger partial charge in [-0.05, 0) is 38.1 Å². The third-order valence-corrected chi connectivity index (χ3v) is 2.80. The first-order valence-electron chi connectivity index (χ1n) is 5.78. The van der Waals surface area contributed by atoms with Gasteiger partial charge in [0.2, 0.25) is 0 Å². The normalized spacial score (nSPS) is 12.6. The Bertz CT molecular complexity index is 479. The molecule has 3 nitrogen and oxygen atoms in total. The highest BCUT2D eigenvalue weighted by Gasteiger charge is 2.15. The van der Waals surface area contributed by atoms with E-state index in [0.29, 0.717) is 12.8 Å². The molecule has 2 aromatic heterocycles. The Balaban J connectivity index is 2.05. The van der Waals surface area contributed by atoms with Crippen molar-refractivity contribution in [3.63, 3.8) is 0 Å². The fourth-order valence-corrected chi connectivity index (χ4v) is 1.74. The molecule has 90 valence electrons. The van der Waals surface area contributed by atoms with Gasteiger partial charge in [-0.1, -0.05) is 0 Å². The molecular weight excluding hydrogens is 216 g/mol. The number of hydrogen-bond acceptors (Lipinski definition) is 3.